The fourth-order valence-electron chi connectivity index (χ4n) is 3.62. The second kappa shape index (κ2) is 9.79. The van der Waals surface area contributed by atoms with Gasteiger partial charge in [0.1, 0.15) is 13.2 Å². The summed E-state index contributed by atoms with van der Waals surface area (Å²) in [6, 6.07) is 19.8. The molecule has 1 aliphatic rings. The zero-order valence-electron chi connectivity index (χ0n) is 18.0. The number of carbonyl (C=O) groups excluding carboxylic acids is 1. The smallest absolute Gasteiger partial charge is 0.262 e. The van der Waals surface area contributed by atoms with Gasteiger partial charge in [-0.15, -0.1) is 0 Å². The normalized spacial score (nSPS) is 12.5. The molecule has 1 N–H and O–H groups in total. The maximum absolute atomic E-state index is 13.2. The van der Waals surface area contributed by atoms with Crippen molar-refractivity contribution < 1.29 is 14.3 Å². The van der Waals surface area contributed by atoms with Gasteiger partial charge in [0, 0.05) is 16.8 Å². The van der Waals surface area contributed by atoms with Gasteiger partial charge in [0.15, 0.2) is 16.7 Å². The van der Waals surface area contributed by atoms with E-state index in [1.54, 1.807) is 47.0 Å². The number of benzene rings is 3. The highest BCUT2D eigenvalue weighted by Gasteiger charge is 2.16. The highest BCUT2D eigenvalue weighted by molar-refractivity contribution is 7.99. The molecule has 1 aliphatic heterocycles. The number of ether oxygens (including phenoxy) is 2. The lowest BCUT2D eigenvalue weighted by Crippen LogP contribution is -2.25. The minimum Gasteiger partial charge on any atom is -0.486 e. The Bertz CT molecular complexity index is 1420. The monoisotopic (exact) mass is 493 g/mol. The Labute approximate surface area is 204 Å². The van der Waals surface area contributed by atoms with Gasteiger partial charge >= 0.3 is 0 Å². The fourth-order valence-corrected chi connectivity index (χ4v) is 4.54. The Morgan fingerprint density at radius 3 is 2.62 bits per heavy atom. The minimum absolute atomic E-state index is 0.0832. The maximum Gasteiger partial charge on any atom is 0.262 e. The molecule has 0 saturated carbocycles. The summed E-state index contributed by atoms with van der Waals surface area (Å²) in [7, 11) is 0. The summed E-state index contributed by atoms with van der Waals surface area (Å²) >= 11 is 7.21. The molecule has 34 heavy (non-hydrogen) atoms. The molecule has 4 aromatic rings. The Hall–Kier alpha value is -3.49. The predicted octanol–water partition coefficient (Wildman–Crippen LogP) is 4.60. The number of amides is 1. The average Bonchev–Trinajstić information content (AvgIpc) is 2.86. The van der Waals surface area contributed by atoms with Crippen LogP contribution in [0.4, 0.5) is 5.69 Å². The summed E-state index contributed by atoms with van der Waals surface area (Å²) in [4.78, 5) is 30.6. The van der Waals surface area contributed by atoms with Gasteiger partial charge in [-0.1, -0.05) is 47.6 Å². The first kappa shape index (κ1) is 22.3. The van der Waals surface area contributed by atoms with Crippen molar-refractivity contribution in [3.63, 3.8) is 0 Å². The molecule has 2 heterocycles. The molecule has 1 amide bonds. The third kappa shape index (κ3) is 4.88. The Morgan fingerprint density at radius 2 is 1.79 bits per heavy atom. The first-order valence-corrected chi connectivity index (χ1v) is 12.0. The van der Waals surface area contributed by atoms with E-state index in [0.717, 1.165) is 5.56 Å². The van der Waals surface area contributed by atoms with Crippen molar-refractivity contribution >= 4 is 45.9 Å². The average molecular weight is 494 g/mol. The van der Waals surface area contributed by atoms with Crippen molar-refractivity contribution in [2.24, 2.45) is 0 Å². The highest BCUT2D eigenvalue weighted by atomic mass is 35.5. The van der Waals surface area contributed by atoms with E-state index in [9.17, 15) is 9.59 Å². The van der Waals surface area contributed by atoms with E-state index in [-0.39, 0.29) is 17.2 Å². The lowest BCUT2D eigenvalue weighted by molar-refractivity contribution is -0.113. The van der Waals surface area contributed by atoms with Gasteiger partial charge in [0.25, 0.3) is 5.56 Å². The molecular formula is C25H20ClN3O4S. The number of nitrogens with one attached hydrogen (secondary N) is 1. The molecule has 0 bridgehead atoms. The van der Waals surface area contributed by atoms with Gasteiger partial charge in [0.2, 0.25) is 5.91 Å². The number of anilines is 1. The van der Waals surface area contributed by atoms with E-state index >= 15 is 0 Å². The summed E-state index contributed by atoms with van der Waals surface area (Å²) in [6.45, 7) is 1.30. The molecule has 0 fully saturated rings. The SMILES string of the molecule is O=C(CSc1nc2ccccc2c(=O)n1Cc1ccc(Cl)cc1)Nc1ccc2c(c1)OCCO2. The second-order valence-electron chi connectivity index (χ2n) is 7.62. The number of hydrogen-bond donors (Lipinski definition) is 1. The van der Waals surface area contributed by atoms with Crippen LogP contribution in [0.25, 0.3) is 10.9 Å². The van der Waals surface area contributed by atoms with Crippen LogP contribution in [-0.2, 0) is 11.3 Å². The van der Waals surface area contributed by atoms with Crippen LogP contribution in [0.5, 0.6) is 11.5 Å². The first-order chi connectivity index (χ1) is 16.6. The van der Waals surface area contributed by atoms with Crippen molar-refractivity contribution in [1.82, 2.24) is 9.55 Å². The Balaban J connectivity index is 1.37. The molecule has 172 valence electrons. The number of rotatable bonds is 6. The molecule has 0 atom stereocenters. The predicted molar refractivity (Wildman–Crippen MR) is 133 cm³/mol. The molecule has 0 aliphatic carbocycles. The Kier molecular flexibility index (Phi) is 6.42. The molecule has 7 nitrogen and oxygen atoms in total. The summed E-state index contributed by atoms with van der Waals surface area (Å²) in [5, 5.41) is 4.49. The van der Waals surface area contributed by atoms with Crippen LogP contribution in [0.1, 0.15) is 5.56 Å². The van der Waals surface area contributed by atoms with Crippen molar-refractivity contribution in [2.75, 3.05) is 24.3 Å². The number of nitrogens with zero attached hydrogens (tertiary/aromatic N) is 2. The molecule has 5 rings (SSSR count). The van der Waals surface area contributed by atoms with Gasteiger partial charge in [0.05, 0.1) is 23.2 Å². The largest absolute Gasteiger partial charge is 0.486 e. The van der Waals surface area contributed by atoms with E-state index in [1.807, 2.05) is 24.3 Å². The van der Waals surface area contributed by atoms with Crippen LogP contribution in [0.2, 0.25) is 5.02 Å². The Morgan fingerprint density at radius 1 is 1.03 bits per heavy atom. The second-order valence-corrected chi connectivity index (χ2v) is 9.00. The zero-order chi connectivity index (χ0) is 23.5. The lowest BCUT2D eigenvalue weighted by atomic mass is 10.2. The molecule has 9 heteroatoms. The third-order valence-electron chi connectivity index (χ3n) is 5.24. The van der Waals surface area contributed by atoms with Crippen LogP contribution in [0.3, 0.4) is 0 Å². The molecule has 0 radical (unpaired) electrons. The quantitative estimate of drug-likeness (QED) is 0.312. The molecule has 1 aromatic heterocycles. The summed E-state index contributed by atoms with van der Waals surface area (Å²) in [6.07, 6.45) is 0. The number of carbonyl (C=O) groups is 1. The lowest BCUT2D eigenvalue weighted by Gasteiger charge is -2.19. The maximum atomic E-state index is 13.2. The van der Waals surface area contributed by atoms with Gasteiger partial charge < -0.3 is 14.8 Å². The molecular weight excluding hydrogens is 474 g/mol. The van der Waals surface area contributed by atoms with E-state index in [1.165, 1.54) is 11.8 Å². The van der Waals surface area contributed by atoms with Crippen LogP contribution >= 0.6 is 23.4 Å². The topological polar surface area (TPSA) is 82.5 Å². The standard InChI is InChI=1S/C25H20ClN3O4S/c26-17-7-5-16(6-8-17)14-29-24(31)19-3-1-2-4-20(19)28-25(29)34-15-23(30)27-18-9-10-21-22(13-18)33-12-11-32-21/h1-10,13H,11-12,14-15H2,(H,27,30). The van der Waals surface area contributed by atoms with Gasteiger partial charge in [-0.05, 0) is 42.0 Å². The minimum atomic E-state index is -0.220. The number of aromatic nitrogens is 2. The van der Waals surface area contributed by atoms with Gasteiger partial charge in [-0.25, -0.2) is 4.98 Å². The van der Waals surface area contributed by atoms with Gasteiger partial charge in [-0.2, -0.15) is 0 Å². The van der Waals surface area contributed by atoms with Crippen molar-refractivity contribution in [1.29, 1.82) is 0 Å². The zero-order valence-corrected chi connectivity index (χ0v) is 19.6. The molecule has 0 spiro atoms. The van der Waals surface area contributed by atoms with E-state index in [0.29, 0.717) is 58.0 Å². The number of halogens is 1. The van der Waals surface area contributed by atoms with Crippen LogP contribution in [0, 0.1) is 0 Å². The first-order valence-electron chi connectivity index (χ1n) is 10.6. The number of hydrogen-bond acceptors (Lipinski definition) is 6. The molecule has 0 saturated heterocycles. The highest BCUT2D eigenvalue weighted by Crippen LogP contribution is 2.32. The fraction of sp³-hybridized carbons (Fsp3) is 0.160. The van der Waals surface area contributed by atoms with Gasteiger partial charge in [-0.3, -0.25) is 14.2 Å². The molecule has 0 unspecified atom stereocenters. The van der Waals surface area contributed by atoms with Crippen molar-refractivity contribution in [3.05, 3.63) is 87.7 Å². The van der Waals surface area contributed by atoms with Crippen molar-refractivity contribution in [3.8, 4) is 11.5 Å². The van der Waals surface area contributed by atoms with E-state index in [4.69, 9.17) is 21.1 Å². The molecule has 3 aromatic carbocycles. The summed E-state index contributed by atoms with van der Waals surface area (Å²) < 4.78 is 12.7. The summed E-state index contributed by atoms with van der Waals surface area (Å²) in [5.74, 6) is 1.12. The van der Waals surface area contributed by atoms with E-state index in [2.05, 4.69) is 10.3 Å². The third-order valence-corrected chi connectivity index (χ3v) is 6.47. The number of thioether (sulfide) groups is 1. The van der Waals surface area contributed by atoms with E-state index < -0.39 is 0 Å². The van der Waals surface area contributed by atoms with Crippen LogP contribution in [-0.4, -0.2) is 34.4 Å². The van der Waals surface area contributed by atoms with Crippen LogP contribution < -0.4 is 20.3 Å². The number of para-hydroxylation sites is 1. The summed E-state index contributed by atoms with van der Waals surface area (Å²) in [5.41, 5.74) is 1.95. The van der Waals surface area contributed by atoms with Crippen molar-refractivity contribution in [2.45, 2.75) is 11.7 Å². The van der Waals surface area contributed by atoms with Crippen LogP contribution in [0.15, 0.2) is 76.7 Å². The number of fused-ring (bicyclic) bond motifs is 2.